The van der Waals surface area contributed by atoms with Gasteiger partial charge >= 0.3 is 0 Å². The zero-order chi connectivity index (χ0) is 16.7. The fraction of sp³-hybridized carbons (Fsp3) is 0.588. The van der Waals surface area contributed by atoms with Gasteiger partial charge in [-0.3, -0.25) is 4.99 Å². The van der Waals surface area contributed by atoms with Crippen molar-refractivity contribution < 1.29 is 9.84 Å². The Morgan fingerprint density at radius 3 is 3.00 bits per heavy atom. The highest BCUT2D eigenvalue weighted by Gasteiger charge is 2.25. The van der Waals surface area contributed by atoms with Gasteiger partial charge in [0.05, 0.1) is 13.2 Å². The van der Waals surface area contributed by atoms with Gasteiger partial charge in [0.2, 0.25) is 0 Å². The molecular weight excluding hydrogens is 314 g/mol. The molecule has 0 amide bonds. The lowest BCUT2D eigenvalue weighted by atomic mass is 10.1. The topological polar surface area (TPSA) is 57.1 Å². The average molecular weight is 340 g/mol. The first-order valence-electron chi connectivity index (χ1n) is 8.10. The van der Waals surface area contributed by atoms with Crippen molar-refractivity contribution >= 4 is 17.6 Å². The van der Waals surface area contributed by atoms with Gasteiger partial charge in [0.15, 0.2) is 5.96 Å². The van der Waals surface area contributed by atoms with E-state index >= 15 is 0 Å². The molecule has 1 aromatic carbocycles. The first-order valence-corrected chi connectivity index (χ1v) is 8.48. The molecule has 2 N–H and O–H groups in total. The standard InChI is InChI=1S/C17H26ClN3O2/c1-3-19-17(21-9-8-13(11-21)12-23-2)20-10-16(22)14-6-4-5-7-15(14)18/h4-7,13,16,22H,3,8-12H2,1-2H3,(H,19,20). The Balaban J connectivity index is 2.00. The second-order valence-corrected chi connectivity index (χ2v) is 6.20. The Morgan fingerprint density at radius 1 is 1.52 bits per heavy atom. The maximum absolute atomic E-state index is 10.3. The SMILES string of the molecule is CCNC(=NCC(O)c1ccccc1Cl)N1CCC(COC)C1. The van der Waals surface area contributed by atoms with Crippen LogP contribution in [-0.2, 0) is 4.74 Å². The molecule has 1 aromatic rings. The van der Waals surface area contributed by atoms with E-state index in [0.29, 0.717) is 16.5 Å². The minimum absolute atomic E-state index is 0.289. The van der Waals surface area contributed by atoms with Crippen LogP contribution in [0.15, 0.2) is 29.3 Å². The number of likely N-dealkylation sites (tertiary alicyclic amines) is 1. The molecule has 1 aliphatic rings. The molecule has 5 nitrogen and oxygen atoms in total. The van der Waals surface area contributed by atoms with E-state index in [1.165, 1.54) is 0 Å². The van der Waals surface area contributed by atoms with E-state index in [2.05, 4.69) is 15.2 Å². The monoisotopic (exact) mass is 339 g/mol. The molecule has 1 aliphatic heterocycles. The number of benzene rings is 1. The summed E-state index contributed by atoms with van der Waals surface area (Å²) in [5.74, 6) is 1.38. The van der Waals surface area contributed by atoms with Crippen molar-refractivity contribution in [3.63, 3.8) is 0 Å². The Morgan fingerprint density at radius 2 is 2.30 bits per heavy atom. The smallest absolute Gasteiger partial charge is 0.194 e. The molecule has 2 atom stereocenters. The summed E-state index contributed by atoms with van der Waals surface area (Å²) < 4.78 is 5.24. The van der Waals surface area contributed by atoms with Crippen molar-refractivity contribution in [2.24, 2.45) is 10.9 Å². The van der Waals surface area contributed by atoms with Crippen LogP contribution in [-0.4, -0.2) is 55.9 Å². The number of nitrogens with zero attached hydrogens (tertiary/aromatic N) is 2. The number of aliphatic hydroxyl groups is 1. The van der Waals surface area contributed by atoms with Crippen LogP contribution in [0.4, 0.5) is 0 Å². The summed E-state index contributed by atoms with van der Waals surface area (Å²) in [7, 11) is 1.74. The zero-order valence-electron chi connectivity index (χ0n) is 13.8. The number of hydrogen-bond donors (Lipinski definition) is 2. The molecule has 128 valence electrons. The van der Waals surface area contributed by atoms with Crippen LogP contribution < -0.4 is 5.32 Å². The summed E-state index contributed by atoms with van der Waals surface area (Å²) in [6, 6.07) is 7.34. The van der Waals surface area contributed by atoms with Crippen LogP contribution in [0.1, 0.15) is 25.0 Å². The van der Waals surface area contributed by atoms with Crippen molar-refractivity contribution in [3.8, 4) is 0 Å². The van der Waals surface area contributed by atoms with Crippen LogP contribution in [0.2, 0.25) is 5.02 Å². The largest absolute Gasteiger partial charge is 0.386 e. The van der Waals surface area contributed by atoms with Gasteiger partial charge in [0.25, 0.3) is 0 Å². The first-order chi connectivity index (χ1) is 11.2. The lowest BCUT2D eigenvalue weighted by Gasteiger charge is -2.22. The second-order valence-electron chi connectivity index (χ2n) is 5.79. The van der Waals surface area contributed by atoms with E-state index < -0.39 is 6.10 Å². The molecule has 0 saturated carbocycles. The van der Waals surface area contributed by atoms with Gasteiger partial charge in [-0.15, -0.1) is 0 Å². The molecule has 1 fully saturated rings. The first kappa shape index (κ1) is 18.0. The number of methoxy groups -OCH3 is 1. The van der Waals surface area contributed by atoms with Gasteiger partial charge in [-0.05, 0) is 19.4 Å². The Kier molecular flexibility index (Phi) is 7.15. The number of ether oxygens (including phenoxy) is 1. The lowest BCUT2D eigenvalue weighted by molar-refractivity contribution is 0.157. The van der Waals surface area contributed by atoms with Gasteiger partial charge in [0.1, 0.15) is 6.10 Å². The summed E-state index contributed by atoms with van der Waals surface area (Å²) in [6.45, 7) is 5.80. The van der Waals surface area contributed by atoms with E-state index in [4.69, 9.17) is 16.3 Å². The molecule has 6 heteroatoms. The van der Waals surface area contributed by atoms with Crippen molar-refractivity contribution in [1.82, 2.24) is 10.2 Å². The van der Waals surface area contributed by atoms with E-state index in [1.807, 2.05) is 25.1 Å². The zero-order valence-corrected chi connectivity index (χ0v) is 14.6. The van der Waals surface area contributed by atoms with Gasteiger partial charge in [-0.2, -0.15) is 0 Å². The lowest BCUT2D eigenvalue weighted by Crippen LogP contribution is -2.40. The van der Waals surface area contributed by atoms with Crippen LogP contribution in [0.3, 0.4) is 0 Å². The number of rotatable bonds is 6. The molecule has 1 saturated heterocycles. The second kappa shape index (κ2) is 9.11. The molecule has 0 spiro atoms. The molecule has 0 bridgehead atoms. The molecule has 0 aromatic heterocycles. The van der Waals surface area contributed by atoms with E-state index in [-0.39, 0.29) is 6.54 Å². The third-order valence-electron chi connectivity index (χ3n) is 4.00. The molecule has 2 unspecified atom stereocenters. The van der Waals surface area contributed by atoms with Crippen molar-refractivity contribution in [2.45, 2.75) is 19.4 Å². The number of halogens is 1. The number of hydrogen-bond acceptors (Lipinski definition) is 3. The van der Waals surface area contributed by atoms with E-state index in [0.717, 1.165) is 38.6 Å². The third-order valence-corrected chi connectivity index (χ3v) is 4.35. The summed E-state index contributed by atoms with van der Waals surface area (Å²) in [5.41, 5.74) is 0.715. The van der Waals surface area contributed by atoms with E-state index in [1.54, 1.807) is 13.2 Å². The van der Waals surface area contributed by atoms with Crippen LogP contribution in [0.25, 0.3) is 0 Å². The highest BCUT2D eigenvalue weighted by atomic mass is 35.5. The Hall–Kier alpha value is -1.30. The van der Waals surface area contributed by atoms with Gasteiger partial charge in [0, 0.05) is 43.2 Å². The maximum Gasteiger partial charge on any atom is 0.194 e. The fourth-order valence-electron chi connectivity index (χ4n) is 2.84. The molecule has 23 heavy (non-hydrogen) atoms. The molecule has 0 aliphatic carbocycles. The highest BCUT2D eigenvalue weighted by molar-refractivity contribution is 6.31. The number of aliphatic hydroxyl groups excluding tert-OH is 1. The summed E-state index contributed by atoms with van der Waals surface area (Å²) >= 11 is 6.13. The molecule has 1 heterocycles. The van der Waals surface area contributed by atoms with Crippen LogP contribution in [0.5, 0.6) is 0 Å². The van der Waals surface area contributed by atoms with Crippen molar-refractivity contribution in [1.29, 1.82) is 0 Å². The number of aliphatic imine (C=N–C) groups is 1. The third kappa shape index (κ3) is 5.09. The average Bonchev–Trinajstić information content (AvgIpc) is 3.00. The molecular formula is C17H26ClN3O2. The maximum atomic E-state index is 10.3. The van der Waals surface area contributed by atoms with Crippen LogP contribution in [0, 0.1) is 5.92 Å². The normalized spacial score (nSPS) is 19.9. The summed E-state index contributed by atoms with van der Waals surface area (Å²) in [6.07, 6.45) is 0.403. The quantitative estimate of drug-likeness (QED) is 0.617. The van der Waals surface area contributed by atoms with Gasteiger partial charge in [-0.1, -0.05) is 29.8 Å². The predicted octanol–water partition coefficient (Wildman–Crippen LogP) is 2.31. The minimum Gasteiger partial charge on any atom is -0.386 e. The van der Waals surface area contributed by atoms with Crippen LogP contribution >= 0.6 is 11.6 Å². The van der Waals surface area contributed by atoms with Crippen molar-refractivity contribution in [2.75, 3.05) is 39.9 Å². The molecule has 2 rings (SSSR count). The molecule has 0 radical (unpaired) electrons. The summed E-state index contributed by atoms with van der Waals surface area (Å²) in [4.78, 5) is 6.82. The van der Waals surface area contributed by atoms with Crippen molar-refractivity contribution in [3.05, 3.63) is 34.9 Å². The minimum atomic E-state index is -0.699. The predicted molar refractivity (Wildman–Crippen MR) is 93.9 cm³/mol. The Labute approximate surface area is 143 Å². The number of nitrogens with one attached hydrogen (secondary N) is 1. The summed E-state index contributed by atoms with van der Waals surface area (Å²) in [5, 5.41) is 14.2. The van der Waals surface area contributed by atoms with Gasteiger partial charge in [-0.25, -0.2) is 0 Å². The van der Waals surface area contributed by atoms with Gasteiger partial charge < -0.3 is 20.1 Å². The Bertz CT molecular complexity index is 524. The fourth-order valence-corrected chi connectivity index (χ4v) is 3.10. The van der Waals surface area contributed by atoms with E-state index in [9.17, 15) is 5.11 Å². The highest BCUT2D eigenvalue weighted by Crippen LogP contribution is 2.23. The number of guanidine groups is 1.